The van der Waals surface area contributed by atoms with Crippen LogP contribution in [-0.4, -0.2) is 47.0 Å². The van der Waals surface area contributed by atoms with E-state index < -0.39 is 0 Å². The average Bonchev–Trinajstić information content (AvgIpc) is 3.06. The lowest BCUT2D eigenvalue weighted by atomic mass is 10.3. The van der Waals surface area contributed by atoms with E-state index in [2.05, 4.69) is 20.2 Å². The number of hydrogen-bond donors (Lipinski definition) is 1. The van der Waals surface area contributed by atoms with Gasteiger partial charge in [0.25, 0.3) is 0 Å². The lowest BCUT2D eigenvalue weighted by molar-refractivity contribution is -0.129. The summed E-state index contributed by atoms with van der Waals surface area (Å²) in [7, 11) is 0. The number of hydrogen-bond acceptors (Lipinski definition) is 6. The lowest BCUT2D eigenvalue weighted by Gasteiger charge is -2.34. The highest BCUT2D eigenvalue weighted by atomic mass is 16.3. The van der Waals surface area contributed by atoms with Gasteiger partial charge >= 0.3 is 0 Å². The lowest BCUT2D eigenvalue weighted by Crippen LogP contribution is -2.48. The molecule has 1 aliphatic rings. The van der Waals surface area contributed by atoms with Gasteiger partial charge in [0.2, 0.25) is 11.9 Å². The summed E-state index contributed by atoms with van der Waals surface area (Å²) < 4.78 is 5.31. The maximum atomic E-state index is 11.4. The van der Waals surface area contributed by atoms with E-state index in [0.29, 0.717) is 25.6 Å². The molecule has 2 aromatic rings. The van der Waals surface area contributed by atoms with Gasteiger partial charge in [0, 0.05) is 44.9 Å². The molecular weight excluding hydrogens is 294 g/mol. The van der Waals surface area contributed by atoms with E-state index in [4.69, 9.17) is 4.42 Å². The minimum absolute atomic E-state index is 0.121. The molecular formula is C16H21N5O2. The van der Waals surface area contributed by atoms with Crippen LogP contribution >= 0.6 is 0 Å². The fourth-order valence-electron chi connectivity index (χ4n) is 2.60. The smallest absolute Gasteiger partial charge is 0.227 e. The molecule has 0 unspecified atom stereocenters. The van der Waals surface area contributed by atoms with Gasteiger partial charge in [0.1, 0.15) is 11.6 Å². The Hall–Kier alpha value is -2.57. The molecule has 0 saturated carbocycles. The van der Waals surface area contributed by atoms with Crippen LogP contribution < -0.4 is 10.2 Å². The molecule has 2 aromatic heterocycles. The molecule has 1 N–H and O–H groups in total. The number of amides is 1. The van der Waals surface area contributed by atoms with E-state index in [1.54, 1.807) is 13.2 Å². The van der Waals surface area contributed by atoms with Crippen LogP contribution in [0.3, 0.4) is 0 Å². The molecule has 0 bridgehead atoms. The Morgan fingerprint density at radius 1 is 1.30 bits per heavy atom. The normalized spacial score (nSPS) is 14.9. The van der Waals surface area contributed by atoms with Crippen molar-refractivity contribution < 1.29 is 9.21 Å². The summed E-state index contributed by atoms with van der Waals surface area (Å²) in [6.07, 6.45) is 1.65. The van der Waals surface area contributed by atoms with Crippen molar-refractivity contribution in [3.05, 3.63) is 35.9 Å². The third kappa shape index (κ3) is 3.80. The van der Waals surface area contributed by atoms with Gasteiger partial charge in [0.15, 0.2) is 0 Å². The number of carbonyl (C=O) groups excluding carboxylic acids is 1. The summed E-state index contributed by atoms with van der Waals surface area (Å²) in [4.78, 5) is 24.5. The Morgan fingerprint density at radius 3 is 2.74 bits per heavy atom. The third-order valence-corrected chi connectivity index (χ3v) is 3.87. The predicted molar refractivity (Wildman–Crippen MR) is 87.3 cm³/mol. The van der Waals surface area contributed by atoms with Crippen molar-refractivity contribution in [3.8, 4) is 0 Å². The number of furan rings is 1. The van der Waals surface area contributed by atoms with Crippen molar-refractivity contribution in [3.63, 3.8) is 0 Å². The van der Waals surface area contributed by atoms with Gasteiger partial charge in [-0.2, -0.15) is 4.98 Å². The Bertz CT molecular complexity index is 663. The van der Waals surface area contributed by atoms with Gasteiger partial charge in [0.05, 0.1) is 12.8 Å². The third-order valence-electron chi connectivity index (χ3n) is 3.87. The van der Waals surface area contributed by atoms with Gasteiger partial charge in [-0.15, -0.1) is 0 Å². The molecule has 0 atom stereocenters. The second-order valence-electron chi connectivity index (χ2n) is 5.62. The van der Waals surface area contributed by atoms with Crippen molar-refractivity contribution in [2.24, 2.45) is 0 Å². The van der Waals surface area contributed by atoms with Gasteiger partial charge in [-0.1, -0.05) is 0 Å². The number of anilines is 2. The Kier molecular flexibility index (Phi) is 4.45. The first-order chi connectivity index (χ1) is 11.1. The molecule has 0 aliphatic carbocycles. The highest BCUT2D eigenvalue weighted by Crippen LogP contribution is 2.16. The second kappa shape index (κ2) is 6.68. The fourth-order valence-corrected chi connectivity index (χ4v) is 2.60. The molecule has 1 saturated heterocycles. The quantitative estimate of drug-likeness (QED) is 0.925. The van der Waals surface area contributed by atoms with Crippen LogP contribution in [0.15, 0.2) is 28.9 Å². The Balaban J connectivity index is 1.67. The molecule has 3 rings (SSSR count). The summed E-state index contributed by atoms with van der Waals surface area (Å²) in [6.45, 7) is 7.07. The summed E-state index contributed by atoms with van der Waals surface area (Å²) in [5, 5.41) is 3.26. The largest absolute Gasteiger partial charge is 0.467 e. The topological polar surface area (TPSA) is 74.5 Å². The number of carbonyl (C=O) groups is 1. The van der Waals surface area contributed by atoms with Gasteiger partial charge < -0.3 is 19.5 Å². The fraction of sp³-hybridized carbons (Fsp3) is 0.438. The molecule has 122 valence electrons. The summed E-state index contributed by atoms with van der Waals surface area (Å²) in [5.74, 6) is 2.46. The zero-order valence-corrected chi connectivity index (χ0v) is 13.5. The number of nitrogens with zero attached hydrogens (tertiary/aromatic N) is 4. The van der Waals surface area contributed by atoms with Crippen LogP contribution in [0.5, 0.6) is 0 Å². The standard InChI is InChI=1S/C16H21N5O2/c1-12-10-15(17-11-14-4-3-9-23-14)19-16(18-12)21-7-5-20(6-8-21)13(2)22/h3-4,9-10H,5-8,11H2,1-2H3,(H,17,18,19). The molecule has 7 heteroatoms. The van der Waals surface area contributed by atoms with Crippen LogP contribution in [0.2, 0.25) is 0 Å². The predicted octanol–water partition coefficient (Wildman–Crippen LogP) is 1.66. The van der Waals surface area contributed by atoms with Crippen LogP contribution in [0, 0.1) is 6.92 Å². The first-order valence-electron chi connectivity index (χ1n) is 7.74. The molecule has 0 radical (unpaired) electrons. The van der Waals surface area contributed by atoms with Gasteiger partial charge in [-0.25, -0.2) is 4.98 Å². The summed E-state index contributed by atoms with van der Waals surface area (Å²) >= 11 is 0. The molecule has 23 heavy (non-hydrogen) atoms. The molecule has 0 spiro atoms. The van der Waals surface area contributed by atoms with Gasteiger partial charge in [-0.3, -0.25) is 4.79 Å². The number of nitrogens with one attached hydrogen (secondary N) is 1. The van der Waals surface area contributed by atoms with E-state index in [1.165, 1.54) is 0 Å². The zero-order chi connectivity index (χ0) is 16.2. The average molecular weight is 315 g/mol. The molecule has 3 heterocycles. The number of aromatic nitrogens is 2. The maximum Gasteiger partial charge on any atom is 0.227 e. The highest BCUT2D eigenvalue weighted by molar-refractivity contribution is 5.73. The van der Waals surface area contributed by atoms with Crippen molar-refractivity contribution >= 4 is 17.7 Å². The Morgan fingerprint density at radius 2 is 2.09 bits per heavy atom. The van der Waals surface area contributed by atoms with E-state index >= 15 is 0 Å². The van der Waals surface area contributed by atoms with Crippen molar-refractivity contribution in [1.29, 1.82) is 0 Å². The number of rotatable bonds is 4. The molecule has 0 aromatic carbocycles. The molecule has 1 fully saturated rings. The van der Waals surface area contributed by atoms with Crippen LogP contribution in [0.4, 0.5) is 11.8 Å². The minimum Gasteiger partial charge on any atom is -0.467 e. The number of piperazine rings is 1. The van der Waals surface area contributed by atoms with Crippen molar-refractivity contribution in [2.45, 2.75) is 20.4 Å². The van der Waals surface area contributed by atoms with Crippen LogP contribution in [0.25, 0.3) is 0 Å². The SMILES string of the molecule is CC(=O)N1CCN(c2nc(C)cc(NCc3ccco3)n2)CC1. The Labute approximate surface area is 135 Å². The molecule has 1 amide bonds. The van der Waals surface area contributed by atoms with Crippen LogP contribution in [-0.2, 0) is 11.3 Å². The summed E-state index contributed by atoms with van der Waals surface area (Å²) in [5.41, 5.74) is 0.908. The van der Waals surface area contributed by atoms with E-state index in [9.17, 15) is 4.79 Å². The molecule has 7 nitrogen and oxygen atoms in total. The monoisotopic (exact) mass is 315 g/mol. The van der Waals surface area contributed by atoms with Crippen molar-refractivity contribution in [1.82, 2.24) is 14.9 Å². The van der Waals surface area contributed by atoms with E-state index in [-0.39, 0.29) is 5.91 Å². The van der Waals surface area contributed by atoms with Gasteiger partial charge in [-0.05, 0) is 19.1 Å². The van der Waals surface area contributed by atoms with E-state index in [0.717, 1.165) is 30.4 Å². The summed E-state index contributed by atoms with van der Waals surface area (Å²) in [6, 6.07) is 5.70. The van der Waals surface area contributed by atoms with Crippen molar-refractivity contribution in [2.75, 3.05) is 36.4 Å². The van der Waals surface area contributed by atoms with E-state index in [1.807, 2.05) is 30.0 Å². The number of aryl methyl sites for hydroxylation is 1. The van der Waals surface area contributed by atoms with Crippen LogP contribution in [0.1, 0.15) is 18.4 Å². The second-order valence-corrected chi connectivity index (χ2v) is 5.62. The molecule has 1 aliphatic heterocycles. The first kappa shape index (κ1) is 15.3. The highest BCUT2D eigenvalue weighted by Gasteiger charge is 2.20. The zero-order valence-electron chi connectivity index (χ0n) is 13.5. The maximum absolute atomic E-state index is 11.4. The minimum atomic E-state index is 0.121. The first-order valence-corrected chi connectivity index (χ1v) is 7.74.